The first-order valence-corrected chi connectivity index (χ1v) is 10.8. The van der Waals surface area contributed by atoms with Gasteiger partial charge < -0.3 is 10.3 Å². The van der Waals surface area contributed by atoms with E-state index in [1.54, 1.807) is 4.57 Å². The molecule has 31 heavy (non-hydrogen) atoms. The number of rotatable bonds is 4. The second-order valence-corrected chi connectivity index (χ2v) is 8.39. The monoisotopic (exact) mass is 473 g/mol. The highest BCUT2D eigenvalue weighted by Gasteiger charge is 2.19. The van der Waals surface area contributed by atoms with Gasteiger partial charge in [0, 0.05) is 22.1 Å². The maximum Gasteiger partial charge on any atom is 0.263 e. The molecule has 0 aliphatic rings. The van der Waals surface area contributed by atoms with Crippen molar-refractivity contribution in [2.45, 2.75) is 19.9 Å². The van der Waals surface area contributed by atoms with Crippen LogP contribution in [0.4, 0.5) is 5.82 Å². The number of aryl methyl sites for hydroxylation is 1. The van der Waals surface area contributed by atoms with E-state index in [2.05, 4.69) is 42.3 Å². The number of aromatic amines is 1. The van der Waals surface area contributed by atoms with Gasteiger partial charge in [-0.25, -0.2) is 9.97 Å². The Morgan fingerprint density at radius 3 is 2.68 bits per heavy atom. The van der Waals surface area contributed by atoms with E-state index in [4.69, 9.17) is 0 Å². The van der Waals surface area contributed by atoms with E-state index < -0.39 is 0 Å². The molecule has 5 aromatic rings. The quantitative estimate of drug-likeness (QED) is 0.361. The highest BCUT2D eigenvalue weighted by molar-refractivity contribution is 9.10. The molecule has 3 aromatic heterocycles. The Bertz CT molecular complexity index is 1470. The lowest BCUT2D eigenvalue weighted by atomic mass is 10.0. The fourth-order valence-corrected chi connectivity index (χ4v) is 4.52. The van der Waals surface area contributed by atoms with Crippen molar-refractivity contribution in [3.8, 4) is 5.69 Å². The van der Waals surface area contributed by atoms with Crippen molar-refractivity contribution in [1.82, 2.24) is 19.5 Å². The molecule has 0 unspecified atom stereocenters. The number of nitrogens with zero attached hydrogens (tertiary/aromatic N) is 3. The number of fused-ring (bicyclic) bond motifs is 2. The molecule has 7 heteroatoms. The number of benzene rings is 2. The molecule has 0 radical (unpaired) electrons. The Morgan fingerprint density at radius 2 is 1.87 bits per heavy atom. The summed E-state index contributed by atoms with van der Waals surface area (Å²) >= 11 is 3.56. The SMILES string of the molecule is Cc1cccc2cc([C@H](C)Nc3ncnc4[nH]cc(Br)c34)n(-c3ccccc3)c(=O)c12. The summed E-state index contributed by atoms with van der Waals surface area (Å²) in [7, 11) is 0. The van der Waals surface area contributed by atoms with Gasteiger partial charge in [-0.05, 0) is 58.9 Å². The summed E-state index contributed by atoms with van der Waals surface area (Å²) in [5.41, 5.74) is 3.37. The number of hydrogen-bond donors (Lipinski definition) is 2. The molecule has 3 heterocycles. The van der Waals surface area contributed by atoms with Gasteiger partial charge in [-0.2, -0.15) is 0 Å². The Kier molecular flexibility index (Phi) is 4.82. The van der Waals surface area contributed by atoms with Gasteiger partial charge in [-0.1, -0.05) is 36.4 Å². The maximum absolute atomic E-state index is 13.6. The summed E-state index contributed by atoms with van der Waals surface area (Å²) in [5.74, 6) is 0.696. The lowest BCUT2D eigenvalue weighted by Gasteiger charge is -2.22. The minimum absolute atomic E-state index is 0.0268. The van der Waals surface area contributed by atoms with Crippen LogP contribution in [0.15, 0.2) is 76.4 Å². The molecule has 0 spiro atoms. The fraction of sp³-hybridized carbons (Fsp3) is 0.125. The lowest BCUT2D eigenvalue weighted by Crippen LogP contribution is -2.26. The minimum atomic E-state index is -0.197. The van der Waals surface area contributed by atoms with Crippen LogP contribution in [0.5, 0.6) is 0 Å². The zero-order valence-electron chi connectivity index (χ0n) is 17.1. The highest BCUT2D eigenvalue weighted by Crippen LogP contribution is 2.31. The van der Waals surface area contributed by atoms with E-state index in [0.29, 0.717) is 5.82 Å². The molecule has 0 bridgehead atoms. The van der Waals surface area contributed by atoms with Crippen molar-refractivity contribution in [3.05, 3.63) is 93.2 Å². The third-order valence-corrected chi connectivity index (χ3v) is 6.14. The third-order valence-electron chi connectivity index (χ3n) is 5.52. The van der Waals surface area contributed by atoms with E-state index in [9.17, 15) is 4.79 Å². The first-order valence-electron chi connectivity index (χ1n) is 9.99. The molecule has 0 saturated heterocycles. The molecule has 2 aromatic carbocycles. The number of halogens is 1. The number of anilines is 1. The van der Waals surface area contributed by atoms with Crippen LogP contribution in [0.3, 0.4) is 0 Å². The number of hydrogen-bond acceptors (Lipinski definition) is 4. The normalized spacial score (nSPS) is 12.4. The van der Waals surface area contributed by atoms with Crippen molar-refractivity contribution in [3.63, 3.8) is 0 Å². The average molecular weight is 474 g/mol. The molecular formula is C24H20BrN5O. The molecular weight excluding hydrogens is 454 g/mol. The first-order chi connectivity index (χ1) is 15.0. The average Bonchev–Trinajstić information content (AvgIpc) is 3.16. The molecule has 0 amide bonds. The van der Waals surface area contributed by atoms with Gasteiger partial charge in [0.2, 0.25) is 0 Å². The molecule has 0 aliphatic heterocycles. The Morgan fingerprint density at radius 1 is 1.06 bits per heavy atom. The lowest BCUT2D eigenvalue weighted by molar-refractivity contribution is 0.774. The van der Waals surface area contributed by atoms with E-state index in [-0.39, 0.29) is 11.6 Å². The van der Waals surface area contributed by atoms with Crippen molar-refractivity contribution >= 4 is 43.6 Å². The van der Waals surface area contributed by atoms with Crippen LogP contribution in [0.1, 0.15) is 24.2 Å². The minimum Gasteiger partial charge on any atom is -0.361 e. The number of aromatic nitrogens is 4. The highest BCUT2D eigenvalue weighted by atomic mass is 79.9. The van der Waals surface area contributed by atoms with Crippen LogP contribution >= 0.6 is 15.9 Å². The second kappa shape index (κ2) is 7.67. The number of H-pyrrole nitrogens is 1. The molecule has 0 fully saturated rings. The first kappa shape index (κ1) is 19.5. The molecule has 5 rings (SSSR count). The summed E-state index contributed by atoms with van der Waals surface area (Å²) in [6.45, 7) is 4.01. The molecule has 0 saturated carbocycles. The summed E-state index contributed by atoms with van der Waals surface area (Å²) in [5, 5.41) is 6.02. The Hall–Kier alpha value is -3.45. The van der Waals surface area contributed by atoms with Crippen LogP contribution < -0.4 is 10.9 Å². The van der Waals surface area contributed by atoms with E-state index >= 15 is 0 Å². The number of nitrogens with one attached hydrogen (secondary N) is 2. The predicted molar refractivity (Wildman–Crippen MR) is 128 cm³/mol. The van der Waals surface area contributed by atoms with Crippen molar-refractivity contribution in [2.75, 3.05) is 5.32 Å². The van der Waals surface area contributed by atoms with Crippen LogP contribution in [-0.4, -0.2) is 19.5 Å². The molecule has 6 nitrogen and oxygen atoms in total. The Balaban J connectivity index is 1.71. The van der Waals surface area contributed by atoms with Gasteiger partial charge in [0.25, 0.3) is 5.56 Å². The molecule has 0 aliphatic carbocycles. The van der Waals surface area contributed by atoms with Crippen LogP contribution in [0.25, 0.3) is 27.5 Å². The van der Waals surface area contributed by atoms with Crippen LogP contribution in [0, 0.1) is 6.92 Å². The van der Waals surface area contributed by atoms with Crippen LogP contribution in [0.2, 0.25) is 0 Å². The summed E-state index contributed by atoms with van der Waals surface area (Å²) < 4.78 is 2.67. The van der Waals surface area contributed by atoms with Gasteiger partial charge in [-0.3, -0.25) is 9.36 Å². The van der Waals surface area contributed by atoms with Crippen molar-refractivity contribution in [1.29, 1.82) is 0 Å². The van der Waals surface area contributed by atoms with Crippen molar-refractivity contribution in [2.24, 2.45) is 0 Å². The number of pyridine rings is 1. The second-order valence-electron chi connectivity index (χ2n) is 7.53. The fourth-order valence-electron chi connectivity index (χ4n) is 4.03. The largest absolute Gasteiger partial charge is 0.361 e. The molecule has 2 N–H and O–H groups in total. The maximum atomic E-state index is 13.6. The molecule has 154 valence electrons. The van der Waals surface area contributed by atoms with Crippen molar-refractivity contribution < 1.29 is 0 Å². The summed E-state index contributed by atoms with van der Waals surface area (Å²) in [6.07, 6.45) is 3.36. The van der Waals surface area contributed by atoms with Gasteiger partial charge in [0.05, 0.1) is 16.8 Å². The standard InChI is InChI=1S/C24H20BrN5O/c1-14-7-6-8-16-11-19(30(24(31)20(14)16)17-9-4-3-5-10-17)15(2)29-23-21-18(25)12-26-22(21)27-13-28-23/h3-13,15H,1-2H3,(H2,26,27,28,29)/t15-/m0/s1. The predicted octanol–water partition coefficient (Wildman–Crippen LogP) is 5.51. The summed E-state index contributed by atoms with van der Waals surface area (Å²) in [4.78, 5) is 25.5. The van der Waals surface area contributed by atoms with E-state index in [1.165, 1.54) is 6.33 Å². The zero-order valence-corrected chi connectivity index (χ0v) is 18.6. The van der Waals surface area contributed by atoms with Gasteiger partial charge in [-0.15, -0.1) is 0 Å². The van der Waals surface area contributed by atoms with E-state index in [0.717, 1.165) is 43.2 Å². The Labute approximate surface area is 187 Å². The summed E-state index contributed by atoms with van der Waals surface area (Å²) in [6, 6.07) is 17.6. The molecule has 1 atom stereocenters. The topological polar surface area (TPSA) is 75.6 Å². The van der Waals surface area contributed by atoms with Crippen LogP contribution in [-0.2, 0) is 0 Å². The van der Waals surface area contributed by atoms with E-state index in [1.807, 2.05) is 68.6 Å². The zero-order chi connectivity index (χ0) is 21.5. The van der Waals surface area contributed by atoms with Gasteiger partial charge in [0.1, 0.15) is 17.8 Å². The number of para-hydroxylation sites is 1. The van der Waals surface area contributed by atoms with Gasteiger partial charge >= 0.3 is 0 Å². The third kappa shape index (κ3) is 3.31. The smallest absolute Gasteiger partial charge is 0.263 e. The van der Waals surface area contributed by atoms with Gasteiger partial charge in [0.15, 0.2) is 0 Å².